The third-order valence-corrected chi connectivity index (χ3v) is 9.10. The van der Waals surface area contributed by atoms with E-state index in [1.165, 1.54) is 13.3 Å². The lowest BCUT2D eigenvalue weighted by molar-refractivity contribution is 0.0524. The van der Waals surface area contributed by atoms with Gasteiger partial charge in [0.25, 0.3) is 0 Å². The van der Waals surface area contributed by atoms with Gasteiger partial charge in [0.15, 0.2) is 9.84 Å². The number of esters is 1. The predicted octanol–water partition coefficient (Wildman–Crippen LogP) is 4.44. The van der Waals surface area contributed by atoms with E-state index in [2.05, 4.69) is 10.3 Å². The van der Waals surface area contributed by atoms with E-state index < -0.39 is 32.8 Å². The first-order valence-corrected chi connectivity index (χ1v) is 14.4. The maximum atomic E-state index is 14.2. The summed E-state index contributed by atoms with van der Waals surface area (Å²) in [6.45, 7) is 8.23. The molecule has 9 nitrogen and oxygen atoms in total. The van der Waals surface area contributed by atoms with Crippen LogP contribution in [0.5, 0.6) is 0 Å². The molecule has 1 unspecified atom stereocenters. The van der Waals surface area contributed by atoms with Crippen molar-refractivity contribution in [3.05, 3.63) is 58.9 Å². The van der Waals surface area contributed by atoms with Crippen molar-refractivity contribution in [2.45, 2.75) is 62.7 Å². The van der Waals surface area contributed by atoms with Crippen molar-refractivity contribution in [2.24, 2.45) is 16.8 Å². The molecule has 0 spiro atoms. The zero-order valence-electron chi connectivity index (χ0n) is 22.5. The van der Waals surface area contributed by atoms with E-state index in [1.807, 2.05) is 6.92 Å². The molecule has 0 radical (unpaired) electrons. The van der Waals surface area contributed by atoms with Gasteiger partial charge >= 0.3 is 12.1 Å². The number of rotatable bonds is 7. The highest BCUT2D eigenvalue weighted by Crippen LogP contribution is 2.49. The van der Waals surface area contributed by atoms with Crippen molar-refractivity contribution in [3.63, 3.8) is 0 Å². The van der Waals surface area contributed by atoms with Gasteiger partial charge in [0.2, 0.25) is 0 Å². The van der Waals surface area contributed by atoms with Crippen molar-refractivity contribution in [2.75, 3.05) is 20.2 Å². The minimum Gasteiger partial charge on any atom is -0.465 e. The number of ether oxygens (including phenoxy) is 2. The summed E-state index contributed by atoms with van der Waals surface area (Å²) in [7, 11) is -2.55. The predicted molar refractivity (Wildman–Crippen MR) is 143 cm³/mol. The Labute approximate surface area is 224 Å². The smallest absolute Gasteiger partial charge is 0.407 e. The van der Waals surface area contributed by atoms with E-state index in [-0.39, 0.29) is 22.3 Å². The Morgan fingerprint density at radius 3 is 2.53 bits per heavy atom. The van der Waals surface area contributed by atoms with Crippen LogP contribution in [0, 0.1) is 18.8 Å². The number of pyridine rings is 1. The Kier molecular flexibility index (Phi) is 7.92. The monoisotopic (exact) mass is 541 g/mol. The minimum atomic E-state index is -3.84. The lowest BCUT2D eigenvalue weighted by Gasteiger charge is -2.37. The fourth-order valence-electron chi connectivity index (χ4n) is 5.28. The molecule has 1 amide bonds. The summed E-state index contributed by atoms with van der Waals surface area (Å²) in [5.41, 5.74) is 2.40. The molecule has 204 valence electrons. The Hall–Kier alpha value is -3.27. The molecule has 1 aromatic carbocycles. The maximum Gasteiger partial charge on any atom is 0.407 e. The fraction of sp³-hybridized carbons (Fsp3) is 0.500. The van der Waals surface area contributed by atoms with Gasteiger partial charge in [-0.25, -0.2) is 18.0 Å². The first-order chi connectivity index (χ1) is 17.9. The molecule has 0 bridgehead atoms. The molecule has 1 N–H and O–H groups in total. The number of hydrogen-bond donors (Lipinski definition) is 1. The number of aromatic nitrogens is 1. The van der Waals surface area contributed by atoms with Crippen molar-refractivity contribution < 1.29 is 27.5 Å². The van der Waals surface area contributed by atoms with Gasteiger partial charge in [0.1, 0.15) is 10.9 Å². The topological polar surface area (TPSA) is 124 Å². The molecule has 2 aliphatic rings. The Balaban J connectivity index is 1.70. The number of nitrogens with zero attached hydrogens (tertiary/aromatic N) is 2. The molecule has 38 heavy (non-hydrogen) atoms. The highest BCUT2D eigenvalue weighted by Gasteiger charge is 2.49. The van der Waals surface area contributed by atoms with Crippen LogP contribution >= 0.6 is 0 Å². The van der Waals surface area contributed by atoms with E-state index >= 15 is 0 Å². The first kappa shape index (κ1) is 27.8. The van der Waals surface area contributed by atoms with Crippen LogP contribution < -0.4 is 5.32 Å². The van der Waals surface area contributed by atoms with Crippen molar-refractivity contribution in [1.82, 2.24) is 10.3 Å². The van der Waals surface area contributed by atoms with Crippen LogP contribution in [0.25, 0.3) is 0 Å². The molecule has 0 saturated carbocycles. The second-order valence-corrected chi connectivity index (χ2v) is 12.9. The number of hydrogen-bond acceptors (Lipinski definition) is 8. The third kappa shape index (κ3) is 5.75. The Morgan fingerprint density at radius 2 is 1.87 bits per heavy atom. The number of benzene rings is 1. The average molecular weight is 542 g/mol. The van der Waals surface area contributed by atoms with Gasteiger partial charge in [-0.05, 0) is 71.1 Å². The largest absolute Gasteiger partial charge is 0.465 e. The number of carbonyl (C=O) groups excluding carboxylic acids is 2. The number of sulfone groups is 1. The SMILES string of the molecule is COC(=O)c1cnc2c(c1)C1=NCC[C@@H]1[C@H](CCCNC(=O)OC(C)(C)C)C2S(=O)(=O)c1ccc(C)cc1. The van der Waals surface area contributed by atoms with Crippen LogP contribution in [-0.4, -0.2) is 57.0 Å². The van der Waals surface area contributed by atoms with Gasteiger partial charge in [-0.15, -0.1) is 0 Å². The first-order valence-electron chi connectivity index (χ1n) is 12.8. The van der Waals surface area contributed by atoms with Gasteiger partial charge < -0.3 is 14.8 Å². The molecule has 2 aromatic rings. The molecular weight excluding hydrogens is 506 g/mol. The molecule has 4 rings (SSSR count). The summed E-state index contributed by atoms with van der Waals surface area (Å²) in [6.07, 6.45) is 2.68. The molecule has 0 fully saturated rings. The quantitative estimate of drug-likeness (QED) is 0.406. The molecule has 10 heteroatoms. The van der Waals surface area contributed by atoms with E-state index in [0.29, 0.717) is 43.6 Å². The zero-order valence-corrected chi connectivity index (χ0v) is 23.3. The van der Waals surface area contributed by atoms with E-state index in [9.17, 15) is 18.0 Å². The summed E-state index contributed by atoms with van der Waals surface area (Å²) in [5.74, 6) is -0.945. The summed E-state index contributed by atoms with van der Waals surface area (Å²) in [4.78, 5) is 33.8. The third-order valence-electron chi connectivity index (χ3n) is 6.93. The Bertz CT molecular complexity index is 1350. The van der Waals surface area contributed by atoms with Crippen LogP contribution in [0.4, 0.5) is 4.79 Å². The van der Waals surface area contributed by atoms with Crippen molar-refractivity contribution in [1.29, 1.82) is 0 Å². The average Bonchev–Trinajstić information content (AvgIpc) is 3.35. The summed E-state index contributed by atoms with van der Waals surface area (Å²) < 4.78 is 38.5. The molecule has 3 atom stereocenters. The number of aliphatic imine (C=N–C) groups is 1. The molecule has 1 aliphatic carbocycles. The lowest BCUT2D eigenvalue weighted by atomic mass is 9.73. The van der Waals surface area contributed by atoms with Gasteiger partial charge in [-0.1, -0.05) is 17.7 Å². The minimum absolute atomic E-state index is 0.107. The number of alkyl carbamates (subject to hydrolysis) is 1. The van der Waals surface area contributed by atoms with E-state index in [4.69, 9.17) is 14.5 Å². The number of amides is 1. The molecule has 0 saturated heterocycles. The fourth-order valence-corrected chi connectivity index (χ4v) is 7.35. The number of nitrogens with one attached hydrogen (secondary N) is 1. The van der Waals surface area contributed by atoms with Crippen LogP contribution in [0.15, 0.2) is 46.4 Å². The molecule has 2 heterocycles. The van der Waals surface area contributed by atoms with Crippen molar-refractivity contribution >= 4 is 27.6 Å². The van der Waals surface area contributed by atoms with Crippen LogP contribution in [-0.2, 0) is 19.3 Å². The van der Waals surface area contributed by atoms with Crippen LogP contribution in [0.2, 0.25) is 0 Å². The number of carbonyl (C=O) groups is 2. The van der Waals surface area contributed by atoms with Gasteiger partial charge in [0.05, 0.1) is 23.3 Å². The van der Waals surface area contributed by atoms with Gasteiger partial charge in [-0.3, -0.25) is 9.98 Å². The van der Waals surface area contributed by atoms with Gasteiger partial charge in [0, 0.05) is 36.5 Å². The second-order valence-electron chi connectivity index (χ2n) is 10.8. The summed E-state index contributed by atoms with van der Waals surface area (Å²) in [6, 6.07) is 8.49. The summed E-state index contributed by atoms with van der Waals surface area (Å²) >= 11 is 0. The molecular formula is C28H35N3O6S. The zero-order chi connectivity index (χ0) is 27.7. The standard InChI is InChI=1S/C28H35N3O6S/c1-17-8-10-19(11-9-17)38(34,35)25-21(7-6-13-30-27(33)37-28(2,3)4)20-12-14-29-23(20)22-15-18(26(32)36-5)16-31-24(22)25/h8-11,15-16,20-21,25H,6-7,12-14H2,1-5H3,(H,30,33)/t20-,21+,25?/m1/s1. The van der Waals surface area contributed by atoms with Crippen LogP contribution in [0.1, 0.15) is 72.5 Å². The molecule has 1 aromatic heterocycles. The van der Waals surface area contributed by atoms with E-state index in [1.54, 1.807) is 51.1 Å². The van der Waals surface area contributed by atoms with Crippen molar-refractivity contribution in [3.8, 4) is 0 Å². The number of methoxy groups -OCH3 is 1. The normalized spacial score (nSPS) is 20.7. The Morgan fingerprint density at radius 1 is 1.16 bits per heavy atom. The van der Waals surface area contributed by atoms with E-state index in [0.717, 1.165) is 11.3 Å². The maximum absolute atomic E-state index is 14.2. The highest BCUT2D eigenvalue weighted by molar-refractivity contribution is 7.91. The highest BCUT2D eigenvalue weighted by atomic mass is 32.2. The lowest BCUT2D eigenvalue weighted by Crippen LogP contribution is -2.39. The summed E-state index contributed by atoms with van der Waals surface area (Å²) in [5, 5.41) is 1.85. The second kappa shape index (κ2) is 10.8. The van der Waals surface area contributed by atoms with Gasteiger partial charge in [-0.2, -0.15) is 0 Å². The van der Waals surface area contributed by atoms with Crippen LogP contribution in [0.3, 0.4) is 0 Å². The number of aryl methyl sites for hydroxylation is 1. The number of fused-ring (bicyclic) bond motifs is 3. The molecule has 1 aliphatic heterocycles.